The first kappa shape index (κ1) is 15.5. The minimum Gasteiger partial charge on any atom is -0.369 e. The van der Waals surface area contributed by atoms with Crippen molar-refractivity contribution >= 4 is 0 Å². The van der Waals surface area contributed by atoms with Crippen LogP contribution in [0.15, 0.2) is 0 Å². The van der Waals surface area contributed by atoms with E-state index in [0.717, 1.165) is 6.42 Å². The Labute approximate surface area is 112 Å². The van der Waals surface area contributed by atoms with E-state index < -0.39 is 5.60 Å². The molecule has 1 fully saturated rings. The number of hydrogen-bond acceptors (Lipinski definition) is 3. The van der Waals surface area contributed by atoms with Gasteiger partial charge < -0.3 is 14.8 Å². The summed E-state index contributed by atoms with van der Waals surface area (Å²) < 4.78 is 11.9. The number of methoxy groups -OCH3 is 1. The highest BCUT2D eigenvalue weighted by Crippen LogP contribution is 2.39. The Morgan fingerprint density at radius 1 is 1.39 bits per heavy atom. The van der Waals surface area contributed by atoms with Crippen molar-refractivity contribution in [3.8, 4) is 12.3 Å². The molecule has 0 spiro atoms. The van der Waals surface area contributed by atoms with E-state index in [1.807, 2.05) is 7.05 Å². The van der Waals surface area contributed by atoms with E-state index in [4.69, 9.17) is 15.9 Å². The molecule has 0 unspecified atom stereocenters. The van der Waals surface area contributed by atoms with Crippen molar-refractivity contribution in [1.29, 1.82) is 0 Å². The predicted octanol–water partition coefficient (Wildman–Crippen LogP) is 2.06. The van der Waals surface area contributed by atoms with Crippen LogP contribution in [0, 0.1) is 24.2 Å². The molecule has 0 amide bonds. The third-order valence-electron chi connectivity index (χ3n) is 3.76. The first-order valence-electron chi connectivity index (χ1n) is 6.78. The number of nitrogens with one attached hydrogen (secondary N) is 1. The van der Waals surface area contributed by atoms with Crippen molar-refractivity contribution in [1.82, 2.24) is 5.32 Å². The number of ether oxygens (including phenoxy) is 2. The van der Waals surface area contributed by atoms with E-state index in [9.17, 15) is 0 Å². The maximum absolute atomic E-state index is 6.20. The Hall–Kier alpha value is -0.560. The molecule has 104 valence electrons. The summed E-state index contributed by atoms with van der Waals surface area (Å²) in [4.78, 5) is 0. The summed E-state index contributed by atoms with van der Waals surface area (Å²) in [6, 6.07) is 0.0438. The van der Waals surface area contributed by atoms with E-state index in [2.05, 4.69) is 38.9 Å². The van der Waals surface area contributed by atoms with Crippen LogP contribution in [0.2, 0.25) is 0 Å². The summed E-state index contributed by atoms with van der Waals surface area (Å²) in [5, 5.41) is 3.30. The molecule has 3 heteroatoms. The maximum Gasteiger partial charge on any atom is 0.171 e. The van der Waals surface area contributed by atoms with Crippen LogP contribution in [0.4, 0.5) is 0 Å². The van der Waals surface area contributed by atoms with Gasteiger partial charge in [-0.2, -0.15) is 0 Å². The Kier molecular flexibility index (Phi) is 5.21. The lowest BCUT2D eigenvalue weighted by Gasteiger charge is -2.34. The summed E-state index contributed by atoms with van der Waals surface area (Å²) in [5.74, 6) is 3.75. The Morgan fingerprint density at radius 3 is 2.33 bits per heavy atom. The van der Waals surface area contributed by atoms with Crippen LogP contribution in [-0.4, -0.2) is 38.0 Å². The van der Waals surface area contributed by atoms with Crippen LogP contribution in [0.1, 0.15) is 34.1 Å². The minimum absolute atomic E-state index is 0.0438. The zero-order valence-electron chi connectivity index (χ0n) is 12.5. The average molecular weight is 253 g/mol. The predicted molar refractivity (Wildman–Crippen MR) is 74.4 cm³/mol. The quantitative estimate of drug-likeness (QED) is 0.761. The standard InChI is InChI=1S/C15H27NO2/c1-8-15(17-7)13(16-6)12(9-10(2)3)18-14(15)11(4)5/h1,10-14,16H,9H2,2-7H3/t12-,13+,14+,15-/m1/s1. The van der Waals surface area contributed by atoms with Crippen LogP contribution in [-0.2, 0) is 9.47 Å². The highest BCUT2D eigenvalue weighted by molar-refractivity contribution is 5.24. The fourth-order valence-corrected chi connectivity index (χ4v) is 3.00. The molecule has 4 atom stereocenters. The zero-order valence-corrected chi connectivity index (χ0v) is 12.5. The maximum atomic E-state index is 6.20. The van der Waals surface area contributed by atoms with E-state index in [1.54, 1.807) is 7.11 Å². The molecule has 0 radical (unpaired) electrons. The van der Waals surface area contributed by atoms with Crippen LogP contribution in [0.3, 0.4) is 0 Å². The summed E-state index contributed by atoms with van der Waals surface area (Å²) in [7, 11) is 3.61. The Bertz CT molecular complexity index is 308. The van der Waals surface area contributed by atoms with Crippen molar-refractivity contribution in [2.24, 2.45) is 11.8 Å². The molecule has 0 aromatic heterocycles. The van der Waals surface area contributed by atoms with E-state index in [1.165, 1.54) is 0 Å². The van der Waals surface area contributed by atoms with Crippen LogP contribution < -0.4 is 5.32 Å². The van der Waals surface area contributed by atoms with Crippen LogP contribution in [0.25, 0.3) is 0 Å². The number of likely N-dealkylation sites (N-methyl/N-ethyl adjacent to an activating group) is 1. The second-order valence-electron chi connectivity index (χ2n) is 5.88. The largest absolute Gasteiger partial charge is 0.369 e. The van der Waals surface area contributed by atoms with Gasteiger partial charge in [-0.3, -0.25) is 0 Å². The summed E-state index contributed by atoms with van der Waals surface area (Å²) >= 11 is 0. The van der Waals surface area contributed by atoms with Gasteiger partial charge in [-0.25, -0.2) is 0 Å². The highest BCUT2D eigenvalue weighted by Gasteiger charge is 2.56. The van der Waals surface area contributed by atoms with Crippen molar-refractivity contribution in [3.63, 3.8) is 0 Å². The molecule has 1 saturated heterocycles. The van der Waals surface area contributed by atoms with Gasteiger partial charge in [0.05, 0.1) is 12.1 Å². The van der Waals surface area contributed by atoms with E-state index in [0.29, 0.717) is 11.8 Å². The molecular weight excluding hydrogens is 226 g/mol. The van der Waals surface area contributed by atoms with Gasteiger partial charge in [0, 0.05) is 7.11 Å². The third-order valence-corrected chi connectivity index (χ3v) is 3.76. The molecule has 0 bridgehead atoms. The molecule has 1 N–H and O–H groups in total. The van der Waals surface area contributed by atoms with Crippen LogP contribution in [0.5, 0.6) is 0 Å². The first-order valence-corrected chi connectivity index (χ1v) is 6.78. The van der Waals surface area contributed by atoms with E-state index in [-0.39, 0.29) is 18.2 Å². The van der Waals surface area contributed by atoms with Gasteiger partial charge in [-0.1, -0.05) is 33.6 Å². The van der Waals surface area contributed by atoms with E-state index >= 15 is 0 Å². The van der Waals surface area contributed by atoms with Gasteiger partial charge >= 0.3 is 0 Å². The zero-order chi connectivity index (χ0) is 13.9. The lowest BCUT2D eigenvalue weighted by molar-refractivity contribution is -0.0649. The average Bonchev–Trinajstić information content (AvgIpc) is 2.62. The number of hydrogen-bond donors (Lipinski definition) is 1. The smallest absolute Gasteiger partial charge is 0.171 e. The van der Waals surface area contributed by atoms with Crippen molar-refractivity contribution in [2.75, 3.05) is 14.2 Å². The minimum atomic E-state index is -0.664. The Balaban J connectivity index is 3.07. The number of terminal acetylenes is 1. The van der Waals surface area contributed by atoms with Gasteiger partial charge in [0.25, 0.3) is 0 Å². The molecule has 0 aromatic carbocycles. The van der Waals surface area contributed by atoms with Crippen molar-refractivity contribution < 1.29 is 9.47 Å². The first-order chi connectivity index (χ1) is 8.42. The second kappa shape index (κ2) is 6.06. The van der Waals surface area contributed by atoms with Gasteiger partial charge in [0.2, 0.25) is 0 Å². The summed E-state index contributed by atoms with van der Waals surface area (Å²) in [6.45, 7) is 8.65. The summed E-state index contributed by atoms with van der Waals surface area (Å²) in [6.07, 6.45) is 6.81. The fraction of sp³-hybridized carbons (Fsp3) is 0.867. The van der Waals surface area contributed by atoms with Crippen molar-refractivity contribution in [3.05, 3.63) is 0 Å². The van der Waals surface area contributed by atoms with Crippen LogP contribution >= 0.6 is 0 Å². The molecule has 1 heterocycles. The monoisotopic (exact) mass is 253 g/mol. The van der Waals surface area contributed by atoms with Crippen molar-refractivity contribution in [2.45, 2.75) is 58.0 Å². The molecular formula is C15H27NO2. The van der Waals surface area contributed by atoms with Gasteiger partial charge in [-0.15, -0.1) is 6.42 Å². The summed E-state index contributed by atoms with van der Waals surface area (Å²) in [5.41, 5.74) is -0.664. The van der Waals surface area contributed by atoms with Gasteiger partial charge in [0.15, 0.2) is 5.60 Å². The molecule has 1 aliphatic rings. The SMILES string of the molecule is C#C[C@]1(OC)[C@H](C(C)C)O[C@H](CC(C)C)[C@@H]1NC. The molecule has 0 aliphatic carbocycles. The lowest BCUT2D eigenvalue weighted by Crippen LogP contribution is -2.56. The van der Waals surface area contributed by atoms with Gasteiger partial charge in [0.1, 0.15) is 6.10 Å². The molecule has 0 saturated carbocycles. The number of rotatable bonds is 5. The topological polar surface area (TPSA) is 30.5 Å². The normalized spacial score (nSPS) is 36.3. The molecule has 1 rings (SSSR count). The lowest BCUT2D eigenvalue weighted by atomic mass is 9.82. The molecule has 0 aromatic rings. The molecule has 3 nitrogen and oxygen atoms in total. The highest BCUT2D eigenvalue weighted by atomic mass is 16.6. The second-order valence-corrected chi connectivity index (χ2v) is 5.88. The fourth-order valence-electron chi connectivity index (χ4n) is 3.00. The van der Waals surface area contributed by atoms with Gasteiger partial charge in [-0.05, 0) is 25.3 Å². The molecule has 18 heavy (non-hydrogen) atoms. The third kappa shape index (κ3) is 2.56. The Morgan fingerprint density at radius 2 is 2.00 bits per heavy atom. The molecule has 1 aliphatic heterocycles.